The Kier molecular flexibility index (Phi) is 5.11. The summed E-state index contributed by atoms with van der Waals surface area (Å²) in [5.41, 5.74) is 1.26. The van der Waals surface area contributed by atoms with Crippen molar-refractivity contribution in [2.75, 3.05) is 11.9 Å². The van der Waals surface area contributed by atoms with Gasteiger partial charge >= 0.3 is 0 Å². The predicted octanol–water partition coefficient (Wildman–Crippen LogP) is 2.11. The number of hydrogen-bond donors (Lipinski definition) is 2. The maximum absolute atomic E-state index is 12.1. The van der Waals surface area contributed by atoms with Crippen LogP contribution in [0.15, 0.2) is 53.4 Å². The van der Waals surface area contributed by atoms with Crippen LogP contribution in [0.1, 0.15) is 22.8 Å². The Labute approximate surface area is 134 Å². The molecule has 0 spiro atoms. The standard InChI is InChI=1S/C16H15N3O3S/c1-2-18-23(21,22)15-8-6-13(7-9-15)16(20)19-14-5-3-4-12(10-14)11-17/h3-10,18H,2H2,1H3,(H,19,20). The zero-order valence-electron chi connectivity index (χ0n) is 12.4. The van der Waals surface area contributed by atoms with Gasteiger partial charge in [0, 0.05) is 17.8 Å². The van der Waals surface area contributed by atoms with Crippen molar-refractivity contribution in [3.63, 3.8) is 0 Å². The number of carbonyl (C=O) groups is 1. The van der Waals surface area contributed by atoms with Crippen LogP contribution in [0.25, 0.3) is 0 Å². The van der Waals surface area contributed by atoms with E-state index < -0.39 is 10.0 Å². The van der Waals surface area contributed by atoms with Crippen molar-refractivity contribution in [1.82, 2.24) is 4.72 Å². The highest BCUT2D eigenvalue weighted by molar-refractivity contribution is 7.89. The first-order chi connectivity index (χ1) is 11.0. The average molecular weight is 329 g/mol. The number of carbonyl (C=O) groups excluding carboxylic acids is 1. The predicted molar refractivity (Wildman–Crippen MR) is 86.4 cm³/mol. The van der Waals surface area contributed by atoms with Crippen LogP contribution in [0.4, 0.5) is 5.69 Å². The molecule has 6 nitrogen and oxygen atoms in total. The smallest absolute Gasteiger partial charge is 0.255 e. The fraction of sp³-hybridized carbons (Fsp3) is 0.125. The van der Waals surface area contributed by atoms with Crippen LogP contribution in [-0.4, -0.2) is 20.9 Å². The molecule has 2 N–H and O–H groups in total. The maximum atomic E-state index is 12.1. The largest absolute Gasteiger partial charge is 0.322 e. The monoisotopic (exact) mass is 329 g/mol. The van der Waals surface area contributed by atoms with Gasteiger partial charge in [-0.25, -0.2) is 13.1 Å². The van der Waals surface area contributed by atoms with Gasteiger partial charge in [0.2, 0.25) is 10.0 Å². The highest BCUT2D eigenvalue weighted by atomic mass is 32.2. The minimum Gasteiger partial charge on any atom is -0.322 e. The molecule has 7 heteroatoms. The molecule has 0 aliphatic carbocycles. The van der Waals surface area contributed by atoms with E-state index in [0.717, 1.165) is 0 Å². The number of anilines is 1. The van der Waals surface area contributed by atoms with E-state index in [1.54, 1.807) is 31.2 Å². The second-order valence-corrected chi connectivity index (χ2v) is 6.44. The van der Waals surface area contributed by atoms with E-state index in [1.165, 1.54) is 24.3 Å². The van der Waals surface area contributed by atoms with Gasteiger partial charge in [0.1, 0.15) is 0 Å². The fourth-order valence-electron chi connectivity index (χ4n) is 1.93. The molecule has 23 heavy (non-hydrogen) atoms. The third-order valence-corrected chi connectivity index (χ3v) is 4.57. The lowest BCUT2D eigenvalue weighted by molar-refractivity contribution is 0.102. The topological polar surface area (TPSA) is 99.1 Å². The van der Waals surface area contributed by atoms with Gasteiger partial charge in [0.05, 0.1) is 16.5 Å². The summed E-state index contributed by atoms with van der Waals surface area (Å²) >= 11 is 0. The van der Waals surface area contributed by atoms with Gasteiger partial charge in [0.25, 0.3) is 5.91 Å². The first kappa shape index (κ1) is 16.7. The molecule has 0 aromatic heterocycles. The van der Waals surface area contributed by atoms with E-state index in [2.05, 4.69) is 10.0 Å². The van der Waals surface area contributed by atoms with Gasteiger partial charge in [0.15, 0.2) is 0 Å². The Morgan fingerprint density at radius 2 is 1.87 bits per heavy atom. The molecule has 0 aliphatic rings. The molecule has 0 atom stereocenters. The first-order valence-corrected chi connectivity index (χ1v) is 8.36. The quantitative estimate of drug-likeness (QED) is 0.877. The van der Waals surface area contributed by atoms with Crippen molar-refractivity contribution < 1.29 is 13.2 Å². The SMILES string of the molecule is CCNS(=O)(=O)c1ccc(C(=O)Nc2cccc(C#N)c2)cc1. The zero-order valence-corrected chi connectivity index (χ0v) is 13.2. The minimum atomic E-state index is -3.54. The number of rotatable bonds is 5. The molecule has 0 radical (unpaired) electrons. The lowest BCUT2D eigenvalue weighted by Crippen LogP contribution is -2.23. The van der Waals surface area contributed by atoms with Crippen molar-refractivity contribution in [3.05, 3.63) is 59.7 Å². The van der Waals surface area contributed by atoms with Gasteiger partial charge in [-0.15, -0.1) is 0 Å². The second kappa shape index (κ2) is 7.05. The molecular formula is C16H15N3O3S. The lowest BCUT2D eigenvalue weighted by atomic mass is 10.2. The summed E-state index contributed by atoms with van der Waals surface area (Å²) in [6.45, 7) is 1.98. The summed E-state index contributed by atoms with van der Waals surface area (Å²) in [7, 11) is -3.54. The third-order valence-electron chi connectivity index (χ3n) is 3.01. The van der Waals surface area contributed by atoms with Crippen LogP contribution in [0, 0.1) is 11.3 Å². The van der Waals surface area contributed by atoms with Gasteiger partial charge in [-0.1, -0.05) is 13.0 Å². The lowest BCUT2D eigenvalue weighted by Gasteiger charge is -2.07. The van der Waals surface area contributed by atoms with Gasteiger partial charge in [-0.2, -0.15) is 5.26 Å². The van der Waals surface area contributed by atoms with Crippen LogP contribution >= 0.6 is 0 Å². The van der Waals surface area contributed by atoms with Crippen molar-refractivity contribution in [2.45, 2.75) is 11.8 Å². The molecule has 0 saturated carbocycles. The normalized spacial score (nSPS) is 10.8. The fourth-order valence-corrected chi connectivity index (χ4v) is 2.97. The van der Waals surface area contributed by atoms with E-state index in [4.69, 9.17) is 5.26 Å². The Bertz CT molecular complexity index is 853. The summed E-state index contributed by atoms with van der Waals surface area (Å²) in [6, 6.07) is 14.1. The van der Waals surface area contributed by atoms with Gasteiger partial charge < -0.3 is 5.32 Å². The molecule has 0 aliphatic heterocycles. The molecular weight excluding hydrogens is 314 g/mol. The Morgan fingerprint density at radius 3 is 2.48 bits per heavy atom. The highest BCUT2D eigenvalue weighted by Gasteiger charge is 2.13. The summed E-state index contributed by atoms with van der Waals surface area (Å²) < 4.78 is 26.0. The van der Waals surface area contributed by atoms with E-state index in [9.17, 15) is 13.2 Å². The number of nitriles is 1. The minimum absolute atomic E-state index is 0.0994. The Morgan fingerprint density at radius 1 is 1.17 bits per heavy atom. The van der Waals surface area contributed by atoms with Crippen LogP contribution < -0.4 is 10.0 Å². The van der Waals surface area contributed by atoms with Crippen LogP contribution in [0.3, 0.4) is 0 Å². The molecule has 0 saturated heterocycles. The summed E-state index contributed by atoms with van der Waals surface area (Å²) in [4.78, 5) is 12.2. The maximum Gasteiger partial charge on any atom is 0.255 e. The van der Waals surface area contributed by atoms with Crippen molar-refractivity contribution in [1.29, 1.82) is 5.26 Å². The molecule has 0 heterocycles. The number of amides is 1. The number of benzene rings is 2. The molecule has 2 rings (SSSR count). The zero-order chi connectivity index (χ0) is 16.9. The molecule has 118 valence electrons. The van der Waals surface area contributed by atoms with Crippen molar-refractivity contribution in [3.8, 4) is 6.07 Å². The molecule has 2 aromatic rings. The highest BCUT2D eigenvalue weighted by Crippen LogP contribution is 2.14. The van der Waals surface area contributed by atoms with Gasteiger partial charge in [-0.3, -0.25) is 4.79 Å². The van der Waals surface area contributed by atoms with E-state index in [1.807, 2.05) is 6.07 Å². The first-order valence-electron chi connectivity index (χ1n) is 6.87. The van der Waals surface area contributed by atoms with Crippen molar-refractivity contribution in [2.24, 2.45) is 0 Å². The van der Waals surface area contributed by atoms with Crippen molar-refractivity contribution >= 4 is 21.6 Å². The third kappa shape index (κ3) is 4.16. The summed E-state index contributed by atoms with van der Waals surface area (Å²) in [6.07, 6.45) is 0. The molecule has 0 unspecified atom stereocenters. The van der Waals surface area contributed by atoms with Gasteiger partial charge in [-0.05, 0) is 42.5 Å². The van der Waals surface area contributed by atoms with E-state index in [-0.39, 0.29) is 10.8 Å². The average Bonchev–Trinajstić information content (AvgIpc) is 2.55. The molecule has 2 aromatic carbocycles. The van der Waals surface area contributed by atoms with Crippen LogP contribution in [-0.2, 0) is 10.0 Å². The molecule has 0 bridgehead atoms. The Balaban J connectivity index is 2.16. The van der Waals surface area contributed by atoms with E-state index in [0.29, 0.717) is 23.4 Å². The number of sulfonamides is 1. The van der Waals surface area contributed by atoms with Crippen LogP contribution in [0.2, 0.25) is 0 Å². The number of nitrogens with zero attached hydrogens (tertiary/aromatic N) is 1. The van der Waals surface area contributed by atoms with Crippen LogP contribution in [0.5, 0.6) is 0 Å². The molecule has 1 amide bonds. The molecule has 0 fully saturated rings. The summed E-state index contributed by atoms with van der Waals surface area (Å²) in [5.74, 6) is -0.382. The van der Waals surface area contributed by atoms with E-state index >= 15 is 0 Å². The second-order valence-electron chi connectivity index (χ2n) is 4.67. The Hall–Kier alpha value is -2.69. The number of hydrogen-bond acceptors (Lipinski definition) is 4. The number of nitrogens with one attached hydrogen (secondary N) is 2. The summed E-state index contributed by atoms with van der Waals surface area (Å²) in [5, 5.41) is 11.5.